The molecule has 0 saturated carbocycles. The summed E-state index contributed by atoms with van der Waals surface area (Å²) in [6.07, 6.45) is 0. The summed E-state index contributed by atoms with van der Waals surface area (Å²) >= 11 is 12.0. The average molecular weight is 259 g/mol. The van der Waals surface area contributed by atoms with Gasteiger partial charge in [0, 0.05) is 0 Å². The number of imidazole rings is 1. The summed E-state index contributed by atoms with van der Waals surface area (Å²) in [5.41, 5.74) is 0.595. The van der Waals surface area contributed by atoms with Crippen LogP contribution in [0.25, 0.3) is 5.65 Å². The molecule has 0 N–H and O–H groups in total. The predicted molar refractivity (Wildman–Crippen MR) is 61.2 cm³/mol. The first-order valence-electron chi connectivity index (χ1n) is 4.64. The van der Waals surface area contributed by atoms with Crippen LogP contribution in [0, 0.1) is 0 Å². The minimum absolute atomic E-state index is 0.0802. The molecule has 2 rings (SSSR count). The van der Waals surface area contributed by atoms with E-state index in [9.17, 15) is 4.79 Å². The lowest BCUT2D eigenvalue weighted by atomic mass is 10.5. The third-order valence-electron chi connectivity index (χ3n) is 2.01. The summed E-state index contributed by atoms with van der Waals surface area (Å²) in [5.74, 6) is -0.549. The highest BCUT2D eigenvalue weighted by Crippen LogP contribution is 2.23. The Morgan fingerprint density at radius 2 is 2.25 bits per heavy atom. The van der Waals surface area contributed by atoms with Crippen LogP contribution in [0.5, 0.6) is 0 Å². The van der Waals surface area contributed by atoms with Crippen molar-refractivity contribution in [1.29, 1.82) is 0 Å². The summed E-state index contributed by atoms with van der Waals surface area (Å²) < 4.78 is 6.32. The smallest absolute Gasteiger partial charge is 0.360 e. The molecular formula is C10H8Cl2N2O2. The molecule has 0 amide bonds. The van der Waals surface area contributed by atoms with E-state index in [4.69, 9.17) is 27.9 Å². The molecule has 0 aromatic carbocycles. The van der Waals surface area contributed by atoms with Crippen LogP contribution in [0.3, 0.4) is 0 Å². The molecule has 0 aliphatic rings. The lowest BCUT2D eigenvalue weighted by Crippen LogP contribution is -2.05. The van der Waals surface area contributed by atoms with E-state index in [-0.39, 0.29) is 17.5 Å². The van der Waals surface area contributed by atoms with Crippen molar-refractivity contribution in [3.05, 3.63) is 34.2 Å². The third-order valence-corrected chi connectivity index (χ3v) is 2.65. The van der Waals surface area contributed by atoms with Crippen LogP contribution in [0.15, 0.2) is 18.2 Å². The van der Waals surface area contributed by atoms with E-state index < -0.39 is 5.97 Å². The number of aromatic nitrogens is 2. The van der Waals surface area contributed by atoms with Gasteiger partial charge in [0.2, 0.25) is 0 Å². The zero-order valence-corrected chi connectivity index (χ0v) is 9.92. The van der Waals surface area contributed by atoms with Crippen LogP contribution in [-0.2, 0) is 4.74 Å². The van der Waals surface area contributed by atoms with Crippen LogP contribution in [-0.4, -0.2) is 22.0 Å². The number of hydrogen-bond acceptors (Lipinski definition) is 3. The van der Waals surface area contributed by atoms with Crippen molar-refractivity contribution in [2.24, 2.45) is 0 Å². The summed E-state index contributed by atoms with van der Waals surface area (Å²) in [4.78, 5) is 15.6. The average Bonchev–Trinajstić information content (AvgIpc) is 2.58. The normalized spacial score (nSPS) is 10.7. The van der Waals surface area contributed by atoms with Gasteiger partial charge in [0.25, 0.3) is 0 Å². The Kier molecular flexibility index (Phi) is 3.03. The Balaban J connectivity index is 2.61. The van der Waals surface area contributed by atoms with Crippen LogP contribution < -0.4 is 0 Å². The van der Waals surface area contributed by atoms with E-state index in [2.05, 4.69) is 4.98 Å². The molecule has 0 unspecified atom stereocenters. The standard InChI is InChI=1S/C10H8Cl2N2O2/c1-2-16-10(15)8-9(12)14-6(11)4-3-5-7(14)13-8/h3-5H,2H2,1H3. The minimum Gasteiger partial charge on any atom is -0.461 e. The maximum Gasteiger partial charge on any atom is 0.360 e. The zero-order chi connectivity index (χ0) is 11.7. The lowest BCUT2D eigenvalue weighted by Gasteiger charge is -1.98. The molecule has 84 valence electrons. The molecule has 16 heavy (non-hydrogen) atoms. The number of hydrogen-bond donors (Lipinski definition) is 0. The fraction of sp³-hybridized carbons (Fsp3) is 0.200. The number of esters is 1. The van der Waals surface area contributed by atoms with Gasteiger partial charge < -0.3 is 4.74 Å². The molecule has 0 radical (unpaired) electrons. The molecule has 0 spiro atoms. The van der Waals surface area contributed by atoms with E-state index in [0.29, 0.717) is 10.8 Å². The van der Waals surface area contributed by atoms with E-state index in [0.717, 1.165) is 0 Å². The number of fused-ring (bicyclic) bond motifs is 1. The predicted octanol–water partition coefficient (Wildman–Crippen LogP) is 2.82. The van der Waals surface area contributed by atoms with Gasteiger partial charge in [-0.2, -0.15) is 0 Å². The van der Waals surface area contributed by atoms with Gasteiger partial charge in [-0.3, -0.25) is 4.40 Å². The monoisotopic (exact) mass is 258 g/mol. The second kappa shape index (κ2) is 4.31. The summed E-state index contributed by atoms with van der Waals surface area (Å²) in [6, 6.07) is 5.10. The zero-order valence-electron chi connectivity index (χ0n) is 8.41. The molecule has 0 fully saturated rings. The second-order valence-electron chi connectivity index (χ2n) is 3.01. The first-order valence-corrected chi connectivity index (χ1v) is 5.40. The molecule has 2 aromatic rings. The Bertz CT molecular complexity index is 551. The number of pyridine rings is 1. The first kappa shape index (κ1) is 11.2. The van der Waals surface area contributed by atoms with Gasteiger partial charge in [-0.15, -0.1) is 0 Å². The summed E-state index contributed by atoms with van der Waals surface area (Å²) in [7, 11) is 0. The minimum atomic E-state index is -0.549. The van der Waals surface area contributed by atoms with Gasteiger partial charge >= 0.3 is 5.97 Å². The Hall–Kier alpha value is -1.26. The Labute approximate surface area is 102 Å². The molecule has 0 bridgehead atoms. The maximum atomic E-state index is 11.5. The topological polar surface area (TPSA) is 43.6 Å². The van der Waals surface area contributed by atoms with Crippen molar-refractivity contribution in [3.8, 4) is 0 Å². The van der Waals surface area contributed by atoms with Crippen LogP contribution >= 0.6 is 23.2 Å². The fourth-order valence-corrected chi connectivity index (χ4v) is 1.93. The van der Waals surface area contributed by atoms with Crippen molar-refractivity contribution >= 4 is 34.8 Å². The highest BCUT2D eigenvalue weighted by Gasteiger charge is 2.19. The van der Waals surface area contributed by atoms with Crippen LogP contribution in [0.4, 0.5) is 0 Å². The molecular weight excluding hydrogens is 251 g/mol. The molecule has 6 heteroatoms. The second-order valence-corrected chi connectivity index (χ2v) is 3.76. The van der Waals surface area contributed by atoms with Gasteiger partial charge in [0.15, 0.2) is 5.69 Å². The van der Waals surface area contributed by atoms with E-state index >= 15 is 0 Å². The Morgan fingerprint density at radius 3 is 2.88 bits per heavy atom. The van der Waals surface area contributed by atoms with Crippen molar-refractivity contribution in [3.63, 3.8) is 0 Å². The molecule has 4 nitrogen and oxygen atoms in total. The lowest BCUT2D eigenvalue weighted by molar-refractivity contribution is 0.0520. The van der Waals surface area contributed by atoms with E-state index in [1.54, 1.807) is 25.1 Å². The maximum absolute atomic E-state index is 11.5. The summed E-state index contributed by atoms with van der Waals surface area (Å²) in [6.45, 7) is 1.99. The molecule has 2 heterocycles. The van der Waals surface area contributed by atoms with Crippen molar-refractivity contribution in [2.45, 2.75) is 6.92 Å². The molecule has 0 saturated heterocycles. The van der Waals surface area contributed by atoms with Gasteiger partial charge in [-0.05, 0) is 19.1 Å². The summed E-state index contributed by atoms with van der Waals surface area (Å²) in [5, 5.41) is 0.560. The van der Waals surface area contributed by atoms with Crippen molar-refractivity contribution in [1.82, 2.24) is 9.38 Å². The number of carbonyl (C=O) groups excluding carboxylic acids is 1. The highest BCUT2D eigenvalue weighted by molar-refractivity contribution is 6.34. The molecule has 2 aromatic heterocycles. The van der Waals surface area contributed by atoms with Crippen molar-refractivity contribution in [2.75, 3.05) is 6.61 Å². The van der Waals surface area contributed by atoms with Gasteiger partial charge in [-0.25, -0.2) is 9.78 Å². The van der Waals surface area contributed by atoms with E-state index in [1.807, 2.05) is 0 Å². The SMILES string of the molecule is CCOC(=O)c1nc2cccc(Cl)n2c1Cl. The fourth-order valence-electron chi connectivity index (χ4n) is 1.35. The quantitative estimate of drug-likeness (QED) is 0.615. The number of halogens is 2. The highest BCUT2D eigenvalue weighted by atomic mass is 35.5. The largest absolute Gasteiger partial charge is 0.461 e. The molecule has 0 aliphatic carbocycles. The van der Waals surface area contributed by atoms with Gasteiger partial charge in [-0.1, -0.05) is 29.3 Å². The number of nitrogens with zero attached hydrogens (tertiary/aromatic N) is 2. The number of rotatable bonds is 2. The van der Waals surface area contributed by atoms with Crippen molar-refractivity contribution < 1.29 is 9.53 Å². The number of carbonyl (C=O) groups is 1. The first-order chi connectivity index (χ1) is 7.65. The van der Waals surface area contributed by atoms with E-state index in [1.165, 1.54) is 4.40 Å². The number of ether oxygens (including phenoxy) is 1. The third kappa shape index (κ3) is 1.74. The Morgan fingerprint density at radius 1 is 1.50 bits per heavy atom. The van der Waals surface area contributed by atoms with Crippen LogP contribution in [0.1, 0.15) is 17.4 Å². The molecule has 0 aliphatic heterocycles. The molecule has 0 atom stereocenters. The van der Waals surface area contributed by atoms with Gasteiger partial charge in [0.05, 0.1) is 6.61 Å². The van der Waals surface area contributed by atoms with Gasteiger partial charge in [0.1, 0.15) is 16.0 Å². The van der Waals surface area contributed by atoms with Crippen LogP contribution in [0.2, 0.25) is 10.3 Å².